The van der Waals surface area contributed by atoms with Crippen molar-refractivity contribution in [3.63, 3.8) is 0 Å². The van der Waals surface area contributed by atoms with Crippen molar-refractivity contribution in [1.82, 2.24) is 4.90 Å². The monoisotopic (exact) mass is 831 g/mol. The Bertz CT molecular complexity index is 2390. The molecule has 9 heteroatoms. The van der Waals surface area contributed by atoms with E-state index in [1.54, 1.807) is 0 Å². The fourth-order valence-corrected chi connectivity index (χ4v) is 9.55. The molecule has 320 valence electrons. The van der Waals surface area contributed by atoms with Crippen LogP contribution in [-0.2, 0) is 25.7 Å². The molecule has 60 heavy (non-hydrogen) atoms. The van der Waals surface area contributed by atoms with E-state index in [0.29, 0.717) is 25.8 Å². The topological polar surface area (TPSA) is 104 Å². The lowest BCUT2D eigenvalue weighted by molar-refractivity contribution is -0.438. The Balaban J connectivity index is 0.000000896. The lowest BCUT2D eigenvalue weighted by atomic mass is 9.79. The molecule has 8 nitrogen and oxygen atoms in total. The van der Waals surface area contributed by atoms with E-state index < -0.39 is 16.1 Å². The van der Waals surface area contributed by atoms with Gasteiger partial charge < -0.3 is 19.7 Å². The van der Waals surface area contributed by atoms with E-state index in [9.17, 15) is 22.9 Å². The van der Waals surface area contributed by atoms with Crippen LogP contribution >= 0.6 is 0 Å². The quantitative estimate of drug-likeness (QED) is 0.0461. The maximum Gasteiger partial charge on any atom is 0.264 e. The zero-order valence-corrected chi connectivity index (χ0v) is 37.6. The highest BCUT2D eigenvalue weighted by Gasteiger charge is 2.45. The molecule has 0 radical (unpaired) electrons. The van der Waals surface area contributed by atoms with Crippen LogP contribution in [0.4, 0.5) is 11.4 Å². The number of nitrogens with zero attached hydrogens (tertiary/aromatic N) is 3. The smallest absolute Gasteiger partial charge is 0.264 e. The summed E-state index contributed by atoms with van der Waals surface area (Å²) in [6.45, 7) is 20.6. The second-order valence-electron chi connectivity index (χ2n) is 16.8. The van der Waals surface area contributed by atoms with Gasteiger partial charge >= 0.3 is 0 Å². The number of allylic oxidation sites excluding steroid dienone is 8. The molecule has 0 saturated carbocycles. The van der Waals surface area contributed by atoms with E-state index in [1.807, 2.05) is 18.2 Å². The predicted molar refractivity (Wildman–Crippen MR) is 249 cm³/mol. The molecule has 2 heterocycles. The number of carbonyl (C=O) groups is 1. The highest BCUT2D eigenvalue weighted by molar-refractivity contribution is 7.85. The average molecular weight is 832 g/mol. The molecule has 0 fully saturated rings. The summed E-state index contributed by atoms with van der Waals surface area (Å²) in [6, 6.07) is 25.7. The normalized spacial score (nSPS) is 16.6. The Morgan fingerprint density at radius 3 is 1.95 bits per heavy atom. The third kappa shape index (κ3) is 10.9. The summed E-state index contributed by atoms with van der Waals surface area (Å²) >= 11 is 0. The summed E-state index contributed by atoms with van der Waals surface area (Å²) in [5.74, 6) is -1.24. The van der Waals surface area contributed by atoms with Crippen molar-refractivity contribution in [2.45, 2.75) is 97.8 Å². The van der Waals surface area contributed by atoms with Gasteiger partial charge in [-0.1, -0.05) is 120 Å². The average Bonchev–Trinajstić information content (AvgIpc) is 3.57. The number of carbonyl (C=O) groups excluding carboxylic acids is 1. The van der Waals surface area contributed by atoms with E-state index in [4.69, 9.17) is 0 Å². The summed E-state index contributed by atoms with van der Waals surface area (Å²) in [6.07, 6.45) is 18.1. The third-order valence-electron chi connectivity index (χ3n) is 12.1. The Labute approximate surface area is 359 Å². The first-order valence-corrected chi connectivity index (χ1v) is 23.3. The van der Waals surface area contributed by atoms with Gasteiger partial charge in [-0.25, -0.2) is 0 Å². The van der Waals surface area contributed by atoms with Crippen molar-refractivity contribution < 1.29 is 27.4 Å². The number of aliphatic carboxylic acids is 1. The molecule has 0 unspecified atom stereocenters. The maximum atomic E-state index is 11.4. The van der Waals surface area contributed by atoms with Crippen LogP contribution in [0.1, 0.15) is 98.1 Å². The number of unbranched alkanes of at least 4 members (excludes halogenated alkanes) is 3. The molecule has 0 aliphatic carbocycles. The molecule has 0 atom stereocenters. The molecule has 0 aromatic heterocycles. The first kappa shape index (κ1) is 46.2. The lowest BCUT2D eigenvalue weighted by Crippen LogP contribution is -2.28. The molecule has 2 aliphatic heterocycles. The van der Waals surface area contributed by atoms with Gasteiger partial charge in [-0.05, 0) is 111 Å². The molecule has 2 aliphatic rings. The van der Waals surface area contributed by atoms with Gasteiger partial charge in [-0.15, -0.1) is 0 Å². The SMILES string of the molecule is CC1(C)C(=CC=CC=CC=CC2=[N+](CCCCCC(=O)[O-])c3ccc4ccccc4c3C2(C)C)N(CCCCS(=O)(=O)O)c2ccc3ccccc3c21.CCN(CC)CC. The van der Waals surface area contributed by atoms with E-state index in [2.05, 4.69) is 160 Å². The molecule has 0 spiro atoms. The molecule has 0 bridgehead atoms. The molecule has 6 rings (SSSR count). The van der Waals surface area contributed by atoms with Gasteiger partial charge in [0.2, 0.25) is 5.69 Å². The van der Waals surface area contributed by atoms with Gasteiger partial charge in [0.15, 0.2) is 5.71 Å². The van der Waals surface area contributed by atoms with Crippen molar-refractivity contribution in [2.24, 2.45) is 0 Å². The summed E-state index contributed by atoms with van der Waals surface area (Å²) in [4.78, 5) is 15.6. The lowest BCUT2D eigenvalue weighted by Gasteiger charge is -2.27. The number of rotatable bonds is 18. The minimum atomic E-state index is -4.00. The van der Waals surface area contributed by atoms with Crippen LogP contribution in [0.15, 0.2) is 121 Å². The van der Waals surface area contributed by atoms with Crippen LogP contribution in [0.5, 0.6) is 0 Å². The van der Waals surface area contributed by atoms with Crippen molar-refractivity contribution in [3.05, 3.63) is 132 Å². The summed E-state index contributed by atoms with van der Waals surface area (Å²) in [7, 11) is -4.00. The summed E-state index contributed by atoms with van der Waals surface area (Å²) in [5.41, 5.74) is 6.75. The third-order valence-corrected chi connectivity index (χ3v) is 12.9. The Hall–Kier alpha value is -4.83. The first-order chi connectivity index (χ1) is 28.6. The largest absolute Gasteiger partial charge is 0.550 e. The second-order valence-corrected chi connectivity index (χ2v) is 18.3. The zero-order chi connectivity index (χ0) is 43.5. The number of hydrogen-bond donors (Lipinski definition) is 1. The van der Waals surface area contributed by atoms with Crippen LogP contribution in [0, 0.1) is 0 Å². The minimum Gasteiger partial charge on any atom is -0.550 e. The molecule has 4 aromatic carbocycles. The van der Waals surface area contributed by atoms with E-state index >= 15 is 0 Å². The molecular formula is C51H65N3O5S. The first-order valence-electron chi connectivity index (χ1n) is 21.7. The number of anilines is 1. The second kappa shape index (κ2) is 20.6. The van der Waals surface area contributed by atoms with E-state index in [-0.39, 0.29) is 23.0 Å². The maximum absolute atomic E-state index is 11.4. The van der Waals surface area contributed by atoms with Crippen LogP contribution in [-0.4, -0.2) is 72.6 Å². The van der Waals surface area contributed by atoms with Gasteiger partial charge in [0, 0.05) is 53.4 Å². The van der Waals surface area contributed by atoms with Gasteiger partial charge in [0.25, 0.3) is 10.1 Å². The van der Waals surface area contributed by atoms with Gasteiger partial charge in [0.1, 0.15) is 6.54 Å². The number of hydrogen-bond acceptors (Lipinski definition) is 6. The standard InChI is InChI=1S/C45H50N2O5S.C6H15N/c1-44(2)39(46(30-16-8-11-25-41(48)49)37-28-26-33-19-12-14-21-35(33)42(37)44)23-9-6-5-7-10-24-40-45(3,4)43-36-22-15-13-20-34(36)27-29-38(43)47(40)31-17-18-32-53(50,51)52;1-4-7(5-2)6-3/h5-7,9-10,12-15,19-24,26-29H,8,11,16-18,25,30-32H2,1-4H3,(H-,48,49,50,51,52);4-6H2,1-3H3. The molecule has 1 N–H and O–H groups in total. The van der Waals surface area contributed by atoms with Crippen molar-refractivity contribution in [3.8, 4) is 0 Å². The summed E-state index contributed by atoms with van der Waals surface area (Å²) < 4.78 is 34.4. The predicted octanol–water partition coefficient (Wildman–Crippen LogP) is 10.0. The van der Waals surface area contributed by atoms with Crippen molar-refractivity contribution in [2.75, 3.05) is 43.4 Å². The Kier molecular flexibility index (Phi) is 15.9. The van der Waals surface area contributed by atoms with Crippen molar-refractivity contribution in [1.29, 1.82) is 0 Å². The highest BCUT2D eigenvalue weighted by atomic mass is 32.2. The molecule has 4 aromatic rings. The van der Waals surface area contributed by atoms with E-state index in [0.717, 1.165) is 30.8 Å². The molecular weight excluding hydrogens is 767 g/mol. The Morgan fingerprint density at radius 2 is 1.33 bits per heavy atom. The van der Waals surface area contributed by atoms with Crippen LogP contribution in [0.3, 0.4) is 0 Å². The number of carboxylic acids is 1. The number of fused-ring (bicyclic) bond motifs is 6. The van der Waals surface area contributed by atoms with Crippen LogP contribution in [0.2, 0.25) is 0 Å². The number of benzene rings is 4. The van der Waals surface area contributed by atoms with Gasteiger partial charge in [-0.3, -0.25) is 4.55 Å². The van der Waals surface area contributed by atoms with Crippen LogP contribution in [0.25, 0.3) is 21.5 Å². The molecule has 0 saturated heterocycles. The van der Waals surface area contributed by atoms with Gasteiger partial charge in [0.05, 0.1) is 11.2 Å². The van der Waals surface area contributed by atoms with Gasteiger partial charge in [-0.2, -0.15) is 13.0 Å². The fraction of sp³-hybridized carbons (Fsp3) is 0.412. The minimum absolute atomic E-state index is 0.0919. The number of carboxylic acid groups (broad SMARTS) is 1. The molecule has 0 amide bonds. The zero-order valence-electron chi connectivity index (χ0n) is 36.8. The van der Waals surface area contributed by atoms with Crippen molar-refractivity contribution >= 4 is 54.7 Å². The van der Waals surface area contributed by atoms with E-state index in [1.165, 1.54) is 63.7 Å². The Morgan fingerprint density at radius 1 is 0.733 bits per heavy atom. The fourth-order valence-electron chi connectivity index (χ4n) is 8.98. The highest BCUT2D eigenvalue weighted by Crippen LogP contribution is 2.51. The van der Waals surface area contributed by atoms with Crippen LogP contribution < -0.4 is 10.0 Å². The summed E-state index contributed by atoms with van der Waals surface area (Å²) in [5, 5.41) is 15.8.